The predicted octanol–water partition coefficient (Wildman–Crippen LogP) is 4.70. The van der Waals surface area contributed by atoms with Gasteiger partial charge in [-0.15, -0.1) is 0 Å². The van der Waals surface area contributed by atoms with E-state index >= 15 is 0 Å². The fraction of sp³-hybridized carbons (Fsp3) is 0.350. The number of carbonyl (C=O) groups excluding carboxylic acids is 1. The van der Waals surface area contributed by atoms with Crippen LogP contribution in [0.15, 0.2) is 47.4 Å². The van der Waals surface area contributed by atoms with E-state index in [0.717, 1.165) is 12.1 Å². The molecule has 2 aromatic rings. The van der Waals surface area contributed by atoms with Gasteiger partial charge in [-0.05, 0) is 55.3 Å². The normalized spacial score (nSPS) is 13.0. The van der Waals surface area contributed by atoms with Gasteiger partial charge in [0.05, 0.1) is 21.2 Å². The predicted molar refractivity (Wildman–Crippen MR) is 112 cm³/mol. The molecule has 6 nitrogen and oxygen atoms in total. The number of carbonyl (C=O) groups is 1. The molecule has 0 bridgehead atoms. The maximum Gasteiger partial charge on any atom is 0.416 e. The lowest BCUT2D eigenvalue weighted by molar-refractivity contribution is -0.137. The van der Waals surface area contributed by atoms with Crippen molar-refractivity contribution < 1.29 is 31.1 Å². The van der Waals surface area contributed by atoms with Crippen LogP contribution in [0, 0.1) is 5.92 Å². The SMILES string of the molecule is CC(C)CNC(=O)[C@@H](C)Oc1ccc(S(=O)(=O)Nc2cc(C(F)(F)F)ccc2Cl)cc1. The summed E-state index contributed by atoms with van der Waals surface area (Å²) < 4.78 is 71.3. The van der Waals surface area contributed by atoms with Crippen LogP contribution in [0.4, 0.5) is 18.9 Å². The van der Waals surface area contributed by atoms with E-state index < -0.39 is 33.6 Å². The van der Waals surface area contributed by atoms with Gasteiger partial charge in [-0.3, -0.25) is 9.52 Å². The quantitative estimate of drug-likeness (QED) is 0.576. The third kappa shape index (κ3) is 7.03. The summed E-state index contributed by atoms with van der Waals surface area (Å²) in [4.78, 5) is 11.8. The lowest BCUT2D eigenvalue weighted by Gasteiger charge is -2.16. The van der Waals surface area contributed by atoms with Gasteiger partial charge in [0.15, 0.2) is 6.10 Å². The van der Waals surface area contributed by atoms with Crippen molar-refractivity contribution in [3.63, 3.8) is 0 Å². The summed E-state index contributed by atoms with van der Waals surface area (Å²) in [5.41, 5.74) is -1.43. The molecule has 2 aromatic carbocycles. The number of anilines is 1. The van der Waals surface area contributed by atoms with E-state index in [9.17, 15) is 26.4 Å². The lowest BCUT2D eigenvalue weighted by atomic mass is 10.2. The zero-order valence-corrected chi connectivity index (χ0v) is 18.5. The smallest absolute Gasteiger partial charge is 0.416 e. The highest BCUT2D eigenvalue weighted by atomic mass is 35.5. The number of amides is 1. The molecule has 0 unspecified atom stereocenters. The van der Waals surface area contributed by atoms with E-state index in [1.165, 1.54) is 24.3 Å². The molecule has 0 fully saturated rings. The highest BCUT2D eigenvalue weighted by Gasteiger charge is 2.31. The zero-order valence-electron chi connectivity index (χ0n) is 17.0. The summed E-state index contributed by atoms with van der Waals surface area (Å²) in [6, 6.07) is 7.43. The van der Waals surface area contributed by atoms with E-state index in [1.807, 2.05) is 13.8 Å². The minimum Gasteiger partial charge on any atom is -0.481 e. The van der Waals surface area contributed by atoms with Crippen LogP contribution in [-0.4, -0.2) is 27.0 Å². The van der Waals surface area contributed by atoms with Crippen LogP contribution in [0.5, 0.6) is 5.75 Å². The Morgan fingerprint density at radius 1 is 1.10 bits per heavy atom. The van der Waals surface area contributed by atoms with Crippen molar-refractivity contribution >= 4 is 33.2 Å². The van der Waals surface area contributed by atoms with Crippen LogP contribution in [-0.2, 0) is 21.0 Å². The fourth-order valence-corrected chi connectivity index (χ4v) is 3.68. The Morgan fingerprint density at radius 3 is 2.26 bits per heavy atom. The number of alkyl halides is 3. The summed E-state index contributed by atoms with van der Waals surface area (Å²) in [7, 11) is -4.21. The Bertz CT molecular complexity index is 1030. The van der Waals surface area contributed by atoms with Gasteiger partial charge >= 0.3 is 6.18 Å². The van der Waals surface area contributed by atoms with Crippen LogP contribution >= 0.6 is 11.6 Å². The highest BCUT2D eigenvalue weighted by Crippen LogP contribution is 2.34. The molecule has 0 aliphatic carbocycles. The molecule has 0 radical (unpaired) electrons. The largest absolute Gasteiger partial charge is 0.481 e. The number of hydrogen-bond donors (Lipinski definition) is 2. The average Bonchev–Trinajstić information content (AvgIpc) is 2.67. The summed E-state index contributed by atoms with van der Waals surface area (Å²) in [5.74, 6) is 0.216. The first kappa shape index (κ1) is 24.8. The van der Waals surface area contributed by atoms with Crippen LogP contribution < -0.4 is 14.8 Å². The van der Waals surface area contributed by atoms with Crippen molar-refractivity contribution in [2.24, 2.45) is 5.92 Å². The fourth-order valence-electron chi connectivity index (χ4n) is 2.39. The Balaban J connectivity index is 2.12. The summed E-state index contributed by atoms with van der Waals surface area (Å²) >= 11 is 5.84. The van der Waals surface area contributed by atoms with Crippen LogP contribution in [0.25, 0.3) is 0 Å². The van der Waals surface area contributed by atoms with Gasteiger partial charge in [-0.25, -0.2) is 8.42 Å². The molecule has 11 heteroatoms. The minimum atomic E-state index is -4.65. The summed E-state index contributed by atoms with van der Waals surface area (Å²) in [6.07, 6.45) is -5.45. The van der Waals surface area contributed by atoms with Gasteiger partial charge in [-0.2, -0.15) is 13.2 Å². The second-order valence-electron chi connectivity index (χ2n) is 7.17. The number of sulfonamides is 1. The topological polar surface area (TPSA) is 84.5 Å². The molecule has 2 rings (SSSR count). The maximum absolute atomic E-state index is 12.9. The molecule has 0 heterocycles. The molecule has 2 N–H and O–H groups in total. The Kier molecular flexibility index (Phi) is 7.82. The number of ether oxygens (including phenoxy) is 1. The Hall–Kier alpha value is -2.46. The molecular formula is C20H22ClF3N2O4S. The summed E-state index contributed by atoms with van der Waals surface area (Å²) in [5, 5.41) is 2.54. The van der Waals surface area contributed by atoms with Crippen molar-refractivity contribution in [1.82, 2.24) is 5.32 Å². The van der Waals surface area contributed by atoms with Crippen LogP contribution in [0.2, 0.25) is 5.02 Å². The number of benzene rings is 2. The van der Waals surface area contributed by atoms with Gasteiger partial charge in [-0.1, -0.05) is 25.4 Å². The van der Waals surface area contributed by atoms with E-state index in [4.69, 9.17) is 16.3 Å². The first-order chi connectivity index (χ1) is 14.3. The van der Waals surface area contributed by atoms with Crippen molar-refractivity contribution in [2.75, 3.05) is 11.3 Å². The third-order valence-electron chi connectivity index (χ3n) is 4.04. The van der Waals surface area contributed by atoms with Gasteiger partial charge in [0, 0.05) is 6.54 Å². The molecule has 0 aromatic heterocycles. The Morgan fingerprint density at radius 2 is 1.71 bits per heavy atom. The molecular weight excluding hydrogens is 457 g/mol. The maximum atomic E-state index is 12.9. The minimum absolute atomic E-state index is 0.183. The van der Waals surface area contributed by atoms with Crippen molar-refractivity contribution in [3.8, 4) is 5.75 Å². The molecule has 1 atom stereocenters. The van der Waals surface area contributed by atoms with Crippen molar-refractivity contribution in [1.29, 1.82) is 0 Å². The monoisotopic (exact) mass is 478 g/mol. The molecule has 1 amide bonds. The Labute approximate surface area is 183 Å². The van der Waals surface area contributed by atoms with Crippen molar-refractivity contribution in [2.45, 2.75) is 37.9 Å². The molecule has 0 saturated heterocycles. The molecule has 31 heavy (non-hydrogen) atoms. The molecule has 0 aliphatic rings. The molecule has 0 saturated carbocycles. The van der Waals surface area contributed by atoms with E-state index in [2.05, 4.69) is 10.0 Å². The lowest BCUT2D eigenvalue weighted by Crippen LogP contribution is -2.38. The van der Waals surface area contributed by atoms with E-state index in [-0.39, 0.29) is 27.5 Å². The van der Waals surface area contributed by atoms with Gasteiger partial charge in [0.25, 0.3) is 15.9 Å². The highest BCUT2D eigenvalue weighted by molar-refractivity contribution is 7.92. The van der Waals surface area contributed by atoms with Gasteiger partial charge in [0.1, 0.15) is 5.75 Å². The van der Waals surface area contributed by atoms with E-state index in [1.54, 1.807) is 6.92 Å². The van der Waals surface area contributed by atoms with Crippen molar-refractivity contribution in [3.05, 3.63) is 53.1 Å². The second kappa shape index (κ2) is 9.78. The zero-order chi connectivity index (χ0) is 23.4. The number of halogens is 4. The van der Waals surface area contributed by atoms with E-state index in [0.29, 0.717) is 12.6 Å². The molecule has 170 valence electrons. The van der Waals surface area contributed by atoms with Gasteiger partial charge < -0.3 is 10.1 Å². The molecule has 0 spiro atoms. The van der Waals surface area contributed by atoms with Crippen LogP contribution in [0.3, 0.4) is 0 Å². The number of nitrogens with one attached hydrogen (secondary N) is 2. The van der Waals surface area contributed by atoms with Crippen LogP contribution in [0.1, 0.15) is 26.3 Å². The first-order valence-corrected chi connectivity index (χ1v) is 11.1. The molecule has 0 aliphatic heterocycles. The third-order valence-corrected chi connectivity index (χ3v) is 5.75. The number of hydrogen-bond acceptors (Lipinski definition) is 4. The number of rotatable bonds is 8. The van der Waals surface area contributed by atoms with Gasteiger partial charge in [0.2, 0.25) is 0 Å². The second-order valence-corrected chi connectivity index (χ2v) is 9.26. The first-order valence-electron chi connectivity index (χ1n) is 9.23. The summed E-state index contributed by atoms with van der Waals surface area (Å²) in [6.45, 7) is 5.95. The average molecular weight is 479 g/mol. The standard InChI is InChI=1S/C20H22ClF3N2O4S/c1-12(2)11-25-19(27)13(3)30-15-5-7-16(8-6-15)31(28,29)26-18-10-14(20(22,23)24)4-9-17(18)21/h4-10,12-13,26H,11H2,1-3H3,(H,25,27)/t13-/m1/s1.